The first-order valence-electron chi connectivity index (χ1n) is 6.10. The molecule has 0 aromatic heterocycles. The van der Waals surface area contributed by atoms with Crippen molar-refractivity contribution < 1.29 is 0 Å². The number of rotatable bonds is 1. The van der Waals surface area contributed by atoms with Crippen molar-refractivity contribution in [3.8, 4) is 0 Å². The van der Waals surface area contributed by atoms with Gasteiger partial charge in [0.05, 0.1) is 0 Å². The van der Waals surface area contributed by atoms with Crippen LogP contribution in [0.25, 0.3) is 0 Å². The van der Waals surface area contributed by atoms with Crippen molar-refractivity contribution in [1.29, 1.82) is 0 Å². The molecular formula is C13H24. The van der Waals surface area contributed by atoms with Crippen molar-refractivity contribution in [2.75, 3.05) is 0 Å². The topological polar surface area (TPSA) is 0 Å². The highest BCUT2D eigenvalue weighted by Crippen LogP contribution is 2.62. The Hall–Kier alpha value is 0. The van der Waals surface area contributed by atoms with Gasteiger partial charge in [-0.05, 0) is 42.4 Å². The quantitative estimate of drug-likeness (QED) is 0.561. The first-order chi connectivity index (χ1) is 6.10. The minimum atomic E-state index is 0.700. The Balaban J connectivity index is 2.19. The van der Waals surface area contributed by atoms with E-state index in [4.69, 9.17) is 0 Å². The van der Waals surface area contributed by atoms with Gasteiger partial charge in [-0.2, -0.15) is 0 Å². The van der Waals surface area contributed by atoms with Crippen LogP contribution in [-0.4, -0.2) is 0 Å². The lowest BCUT2D eigenvalue weighted by atomic mass is 9.60. The van der Waals surface area contributed by atoms with Crippen molar-refractivity contribution >= 4 is 0 Å². The molecule has 0 spiro atoms. The van der Waals surface area contributed by atoms with Crippen molar-refractivity contribution in [1.82, 2.24) is 0 Å². The molecule has 0 aromatic rings. The number of hydrogen-bond donors (Lipinski definition) is 0. The van der Waals surface area contributed by atoms with E-state index in [-0.39, 0.29) is 0 Å². The van der Waals surface area contributed by atoms with Crippen LogP contribution in [0.2, 0.25) is 0 Å². The van der Waals surface area contributed by atoms with Gasteiger partial charge in [-0.3, -0.25) is 0 Å². The lowest BCUT2D eigenvalue weighted by molar-refractivity contribution is 0.0520. The van der Waals surface area contributed by atoms with Crippen LogP contribution in [0.1, 0.15) is 65.7 Å². The van der Waals surface area contributed by atoms with Gasteiger partial charge in [0.1, 0.15) is 0 Å². The predicted octanol–water partition coefficient (Wildman–Crippen LogP) is 4.39. The summed E-state index contributed by atoms with van der Waals surface area (Å²) in [7, 11) is 0. The summed E-state index contributed by atoms with van der Waals surface area (Å²) < 4.78 is 0. The van der Waals surface area contributed by atoms with Crippen molar-refractivity contribution in [2.24, 2.45) is 16.7 Å². The third kappa shape index (κ3) is 1.33. The molecule has 0 N–H and O–H groups in total. The maximum absolute atomic E-state index is 2.56. The van der Waals surface area contributed by atoms with Gasteiger partial charge >= 0.3 is 0 Å². The fourth-order valence-electron chi connectivity index (χ4n) is 3.97. The molecule has 2 aliphatic rings. The lowest BCUT2D eigenvalue weighted by Gasteiger charge is -2.45. The molecule has 0 nitrogen and oxygen atoms in total. The van der Waals surface area contributed by atoms with E-state index < -0.39 is 0 Å². The highest BCUT2D eigenvalue weighted by Gasteiger charge is 2.52. The van der Waals surface area contributed by atoms with Crippen LogP contribution < -0.4 is 0 Å². The molecule has 2 aliphatic carbocycles. The van der Waals surface area contributed by atoms with E-state index in [0.29, 0.717) is 10.8 Å². The van der Waals surface area contributed by atoms with Gasteiger partial charge < -0.3 is 0 Å². The monoisotopic (exact) mass is 180 g/mol. The van der Waals surface area contributed by atoms with Gasteiger partial charge in [-0.1, -0.05) is 40.0 Å². The highest BCUT2D eigenvalue weighted by molar-refractivity contribution is 5.02. The first kappa shape index (κ1) is 9.55. The predicted molar refractivity (Wildman–Crippen MR) is 57.7 cm³/mol. The molecule has 0 amide bonds. The molecule has 0 heterocycles. The number of fused-ring (bicyclic) bond motifs is 1. The second kappa shape index (κ2) is 3.00. The summed E-state index contributed by atoms with van der Waals surface area (Å²) in [6.45, 7) is 7.48. The van der Waals surface area contributed by atoms with Gasteiger partial charge in [-0.15, -0.1) is 0 Å². The van der Waals surface area contributed by atoms with Crippen LogP contribution in [0.15, 0.2) is 0 Å². The summed E-state index contributed by atoms with van der Waals surface area (Å²) in [4.78, 5) is 0. The van der Waals surface area contributed by atoms with Gasteiger partial charge in [0.2, 0.25) is 0 Å². The van der Waals surface area contributed by atoms with Crippen LogP contribution in [0.3, 0.4) is 0 Å². The van der Waals surface area contributed by atoms with Crippen LogP contribution in [0.5, 0.6) is 0 Å². The van der Waals surface area contributed by atoms with Crippen LogP contribution in [0.4, 0.5) is 0 Å². The third-order valence-corrected chi connectivity index (χ3v) is 5.22. The molecule has 0 aromatic carbocycles. The molecule has 76 valence electrons. The minimum Gasteiger partial charge on any atom is -0.0651 e. The smallest absolute Gasteiger partial charge is 0.0269 e. The zero-order chi connectivity index (χ0) is 9.53. The molecule has 2 saturated carbocycles. The summed E-state index contributed by atoms with van der Waals surface area (Å²) >= 11 is 0. The average molecular weight is 180 g/mol. The Labute approximate surface area is 83.1 Å². The van der Waals surface area contributed by atoms with Gasteiger partial charge in [0.15, 0.2) is 0 Å². The molecule has 2 atom stereocenters. The van der Waals surface area contributed by atoms with E-state index >= 15 is 0 Å². The van der Waals surface area contributed by atoms with E-state index in [9.17, 15) is 0 Å². The van der Waals surface area contributed by atoms with Gasteiger partial charge in [-0.25, -0.2) is 0 Å². The van der Waals surface area contributed by atoms with Gasteiger partial charge in [0, 0.05) is 0 Å². The zero-order valence-electron chi connectivity index (χ0n) is 9.53. The summed E-state index contributed by atoms with van der Waals surface area (Å²) in [6, 6.07) is 0. The van der Waals surface area contributed by atoms with Crippen molar-refractivity contribution in [2.45, 2.75) is 65.7 Å². The van der Waals surface area contributed by atoms with Crippen molar-refractivity contribution in [3.05, 3.63) is 0 Å². The van der Waals surface area contributed by atoms with E-state index in [2.05, 4.69) is 20.8 Å². The molecule has 2 rings (SSSR count). The standard InChI is InChI=1S/C13H24/c1-4-11-9-12(2)7-5-6-8-13(12,3)10-11/h11H,4-10H2,1-3H3. The second-order valence-electron chi connectivity index (χ2n) is 6.01. The number of hydrogen-bond acceptors (Lipinski definition) is 0. The van der Waals surface area contributed by atoms with Crippen molar-refractivity contribution in [3.63, 3.8) is 0 Å². The lowest BCUT2D eigenvalue weighted by Crippen LogP contribution is -2.35. The van der Waals surface area contributed by atoms with Crippen LogP contribution >= 0.6 is 0 Å². The Morgan fingerprint density at radius 3 is 1.85 bits per heavy atom. The summed E-state index contributed by atoms with van der Waals surface area (Å²) in [5, 5.41) is 0. The Morgan fingerprint density at radius 2 is 1.46 bits per heavy atom. The molecule has 0 saturated heterocycles. The molecule has 0 aliphatic heterocycles. The SMILES string of the molecule is CCC1CC2(C)CCCCC2(C)C1. The summed E-state index contributed by atoms with van der Waals surface area (Å²) in [5.41, 5.74) is 1.40. The molecule has 0 bridgehead atoms. The van der Waals surface area contributed by atoms with E-state index in [1.54, 1.807) is 0 Å². The molecule has 2 unspecified atom stereocenters. The first-order valence-corrected chi connectivity index (χ1v) is 6.10. The van der Waals surface area contributed by atoms with E-state index in [1.807, 2.05) is 0 Å². The van der Waals surface area contributed by atoms with Crippen LogP contribution in [0, 0.1) is 16.7 Å². The summed E-state index contributed by atoms with van der Waals surface area (Å²) in [6.07, 6.45) is 10.4. The normalized spacial score (nSPS) is 50.5. The molecular weight excluding hydrogens is 156 g/mol. The zero-order valence-corrected chi connectivity index (χ0v) is 9.53. The third-order valence-electron chi connectivity index (χ3n) is 5.22. The Morgan fingerprint density at radius 1 is 1.00 bits per heavy atom. The minimum absolute atomic E-state index is 0.700. The maximum atomic E-state index is 2.56. The average Bonchev–Trinajstić information content (AvgIpc) is 2.37. The van der Waals surface area contributed by atoms with E-state index in [1.165, 1.54) is 44.9 Å². The van der Waals surface area contributed by atoms with Crippen LogP contribution in [-0.2, 0) is 0 Å². The maximum Gasteiger partial charge on any atom is -0.0269 e. The molecule has 2 fully saturated rings. The Bertz CT molecular complexity index is 176. The second-order valence-corrected chi connectivity index (χ2v) is 6.01. The largest absolute Gasteiger partial charge is 0.0651 e. The molecule has 0 heteroatoms. The Kier molecular flexibility index (Phi) is 2.20. The fourth-order valence-corrected chi connectivity index (χ4v) is 3.97. The van der Waals surface area contributed by atoms with Gasteiger partial charge in [0.25, 0.3) is 0 Å². The molecule has 0 radical (unpaired) electrons. The molecule has 13 heavy (non-hydrogen) atoms. The fraction of sp³-hybridized carbons (Fsp3) is 1.00. The summed E-state index contributed by atoms with van der Waals surface area (Å²) in [5.74, 6) is 1.04. The van der Waals surface area contributed by atoms with E-state index in [0.717, 1.165) is 5.92 Å². The highest BCUT2D eigenvalue weighted by atomic mass is 14.6.